The lowest BCUT2D eigenvalue weighted by Gasteiger charge is -2.36. The van der Waals surface area contributed by atoms with Crippen molar-refractivity contribution in [1.82, 2.24) is 10.2 Å². The molecular weight excluding hydrogens is 558 g/mol. The standard InChI is InChI=1S/C27H22ClN5O6S/c28-20-16-18(6-7-21(20)31-10-12-32(13-11-31)26(35)24-5-2-14-38-24)29-27(40)30-25(34)23-9-8-22(39-23)17-3-1-4-19(15-17)33(36)37/h1-9,14-16H,10-13H2,(H2,29,30,34,40). The van der Waals surface area contributed by atoms with E-state index in [0.717, 1.165) is 5.69 Å². The molecule has 2 amide bonds. The molecule has 0 atom stereocenters. The number of nitrogens with one attached hydrogen (secondary N) is 2. The molecule has 204 valence electrons. The van der Waals surface area contributed by atoms with Crippen LogP contribution in [0, 0.1) is 10.1 Å². The maximum atomic E-state index is 12.6. The quantitative estimate of drug-likeness (QED) is 0.180. The SMILES string of the molecule is O=C(NC(=S)Nc1ccc(N2CCN(C(=O)c3ccco3)CC2)c(Cl)c1)c1ccc(-c2cccc([N+](=O)[O-])c2)o1. The zero-order chi connectivity index (χ0) is 28.2. The van der Waals surface area contributed by atoms with E-state index in [1.54, 1.807) is 41.3 Å². The molecule has 13 heteroatoms. The van der Waals surface area contributed by atoms with Crippen LogP contribution in [0.4, 0.5) is 17.1 Å². The van der Waals surface area contributed by atoms with Crippen LogP contribution in [0.15, 0.2) is 81.8 Å². The summed E-state index contributed by atoms with van der Waals surface area (Å²) in [5.41, 5.74) is 1.77. The molecule has 1 fully saturated rings. The summed E-state index contributed by atoms with van der Waals surface area (Å²) in [6.45, 7) is 2.27. The number of carbonyl (C=O) groups is 2. The molecule has 0 bridgehead atoms. The van der Waals surface area contributed by atoms with E-state index in [0.29, 0.717) is 54.0 Å². The van der Waals surface area contributed by atoms with Crippen LogP contribution in [0.5, 0.6) is 0 Å². The molecule has 2 aromatic carbocycles. The highest BCUT2D eigenvalue weighted by Gasteiger charge is 2.25. The van der Waals surface area contributed by atoms with Crippen LogP contribution in [0.1, 0.15) is 21.1 Å². The van der Waals surface area contributed by atoms with Crippen LogP contribution in [0.2, 0.25) is 5.02 Å². The molecular formula is C27H22ClN5O6S. The van der Waals surface area contributed by atoms with Crippen molar-refractivity contribution >= 4 is 57.8 Å². The van der Waals surface area contributed by atoms with Crippen LogP contribution in [0.3, 0.4) is 0 Å². The molecule has 1 aliphatic heterocycles. The maximum absolute atomic E-state index is 12.6. The van der Waals surface area contributed by atoms with Gasteiger partial charge in [0, 0.05) is 49.6 Å². The number of thiocarbonyl (C=S) groups is 1. The number of amides is 2. The van der Waals surface area contributed by atoms with Crippen LogP contribution >= 0.6 is 23.8 Å². The molecule has 0 saturated carbocycles. The van der Waals surface area contributed by atoms with Gasteiger partial charge in [-0.3, -0.25) is 25.0 Å². The average molecular weight is 580 g/mol. The maximum Gasteiger partial charge on any atom is 0.293 e. The lowest BCUT2D eigenvalue weighted by molar-refractivity contribution is -0.384. The number of nitrogens with zero attached hydrogens (tertiary/aromatic N) is 3. The Labute approximate surface area is 238 Å². The van der Waals surface area contributed by atoms with Crippen molar-refractivity contribution in [2.45, 2.75) is 0 Å². The Bertz CT molecular complexity index is 1580. The smallest absolute Gasteiger partial charge is 0.293 e. The summed E-state index contributed by atoms with van der Waals surface area (Å²) in [6.07, 6.45) is 1.48. The zero-order valence-electron chi connectivity index (χ0n) is 20.8. The van der Waals surface area contributed by atoms with E-state index in [2.05, 4.69) is 15.5 Å². The number of nitro benzene ring substituents is 1. The largest absolute Gasteiger partial charge is 0.459 e. The highest BCUT2D eigenvalue weighted by Crippen LogP contribution is 2.30. The number of benzene rings is 2. The number of hydrogen-bond acceptors (Lipinski definition) is 8. The number of anilines is 2. The summed E-state index contributed by atoms with van der Waals surface area (Å²) >= 11 is 11.8. The predicted octanol–water partition coefficient (Wildman–Crippen LogP) is 5.19. The van der Waals surface area contributed by atoms with Crippen molar-refractivity contribution in [3.8, 4) is 11.3 Å². The number of piperazine rings is 1. The van der Waals surface area contributed by atoms with E-state index in [1.165, 1.54) is 30.5 Å². The van der Waals surface area contributed by atoms with Gasteiger partial charge in [-0.25, -0.2) is 0 Å². The Morgan fingerprint density at radius 2 is 1.77 bits per heavy atom. The third kappa shape index (κ3) is 5.98. The monoisotopic (exact) mass is 579 g/mol. The Kier molecular flexibility index (Phi) is 7.80. The number of furan rings is 2. The van der Waals surface area contributed by atoms with Gasteiger partial charge in [0.1, 0.15) is 5.76 Å². The van der Waals surface area contributed by atoms with Gasteiger partial charge in [0.15, 0.2) is 16.6 Å². The number of hydrogen-bond donors (Lipinski definition) is 2. The van der Waals surface area contributed by atoms with Gasteiger partial charge in [-0.2, -0.15) is 0 Å². The van der Waals surface area contributed by atoms with Crippen LogP contribution in [-0.4, -0.2) is 52.9 Å². The fraction of sp³-hybridized carbons (Fsp3) is 0.148. The second-order valence-electron chi connectivity index (χ2n) is 8.80. The minimum atomic E-state index is -0.584. The molecule has 0 spiro atoms. The summed E-state index contributed by atoms with van der Waals surface area (Å²) in [7, 11) is 0. The van der Waals surface area contributed by atoms with Crippen molar-refractivity contribution in [3.63, 3.8) is 0 Å². The summed E-state index contributed by atoms with van der Waals surface area (Å²) in [5.74, 6) is -0.107. The molecule has 5 rings (SSSR count). The first-order chi connectivity index (χ1) is 19.3. The Morgan fingerprint density at radius 1 is 0.975 bits per heavy atom. The number of nitro groups is 1. The highest BCUT2D eigenvalue weighted by atomic mass is 35.5. The fourth-order valence-electron chi connectivity index (χ4n) is 4.26. The van der Waals surface area contributed by atoms with Gasteiger partial charge in [-0.1, -0.05) is 23.7 Å². The van der Waals surface area contributed by atoms with Crippen LogP contribution < -0.4 is 15.5 Å². The molecule has 4 aromatic rings. The predicted molar refractivity (Wildman–Crippen MR) is 153 cm³/mol. The van der Waals surface area contributed by atoms with Gasteiger partial charge in [0.2, 0.25) is 0 Å². The second kappa shape index (κ2) is 11.6. The normalized spacial score (nSPS) is 13.1. The zero-order valence-corrected chi connectivity index (χ0v) is 22.4. The third-order valence-corrected chi connectivity index (χ3v) is 6.75. The molecule has 3 heterocycles. The highest BCUT2D eigenvalue weighted by molar-refractivity contribution is 7.80. The molecule has 2 N–H and O–H groups in total. The van der Waals surface area contributed by atoms with Gasteiger partial charge >= 0.3 is 0 Å². The lowest BCUT2D eigenvalue weighted by atomic mass is 10.1. The summed E-state index contributed by atoms with van der Waals surface area (Å²) in [4.78, 5) is 39.5. The number of carbonyl (C=O) groups excluding carboxylic acids is 2. The first kappa shape index (κ1) is 26.9. The van der Waals surface area contributed by atoms with E-state index >= 15 is 0 Å². The van der Waals surface area contributed by atoms with Crippen molar-refractivity contribution in [2.75, 3.05) is 36.4 Å². The van der Waals surface area contributed by atoms with E-state index in [4.69, 9.17) is 32.7 Å². The van der Waals surface area contributed by atoms with E-state index in [-0.39, 0.29) is 22.5 Å². The second-order valence-corrected chi connectivity index (χ2v) is 9.62. The van der Waals surface area contributed by atoms with E-state index in [9.17, 15) is 19.7 Å². The number of halogens is 1. The summed E-state index contributed by atoms with van der Waals surface area (Å²) in [6, 6.07) is 17.6. The molecule has 1 saturated heterocycles. The Hall–Kier alpha value is -4.68. The van der Waals surface area contributed by atoms with E-state index < -0.39 is 10.8 Å². The van der Waals surface area contributed by atoms with Gasteiger partial charge in [-0.15, -0.1) is 0 Å². The van der Waals surface area contributed by atoms with Crippen molar-refractivity contribution < 1.29 is 23.3 Å². The summed E-state index contributed by atoms with van der Waals surface area (Å²) < 4.78 is 10.8. The molecule has 11 nitrogen and oxygen atoms in total. The van der Waals surface area contributed by atoms with Gasteiger partial charge < -0.3 is 24.0 Å². The van der Waals surface area contributed by atoms with E-state index in [1.807, 2.05) is 6.07 Å². The van der Waals surface area contributed by atoms with Gasteiger partial charge in [0.05, 0.1) is 21.9 Å². The molecule has 2 aromatic heterocycles. The molecule has 0 unspecified atom stereocenters. The third-order valence-electron chi connectivity index (χ3n) is 6.24. The lowest BCUT2D eigenvalue weighted by Crippen LogP contribution is -2.48. The molecule has 0 aliphatic carbocycles. The van der Waals surface area contributed by atoms with Crippen LogP contribution in [-0.2, 0) is 0 Å². The number of non-ortho nitro benzene ring substituents is 1. The summed E-state index contributed by atoms with van der Waals surface area (Å²) in [5, 5.41) is 17.0. The average Bonchev–Trinajstić information content (AvgIpc) is 3.66. The van der Waals surface area contributed by atoms with Gasteiger partial charge in [0.25, 0.3) is 17.5 Å². The topological polar surface area (TPSA) is 134 Å². The molecule has 1 aliphatic rings. The van der Waals surface area contributed by atoms with Gasteiger partial charge in [-0.05, 0) is 54.7 Å². The first-order valence-corrected chi connectivity index (χ1v) is 12.9. The minimum absolute atomic E-state index is 0.0105. The Balaban J connectivity index is 1.16. The Morgan fingerprint density at radius 3 is 2.48 bits per heavy atom. The minimum Gasteiger partial charge on any atom is -0.459 e. The number of rotatable bonds is 6. The first-order valence-electron chi connectivity index (χ1n) is 12.1. The molecule has 40 heavy (non-hydrogen) atoms. The fourth-order valence-corrected chi connectivity index (χ4v) is 4.77. The van der Waals surface area contributed by atoms with Crippen molar-refractivity contribution in [3.05, 3.63) is 99.7 Å². The van der Waals surface area contributed by atoms with Crippen molar-refractivity contribution in [2.24, 2.45) is 0 Å². The molecule has 0 radical (unpaired) electrons. The van der Waals surface area contributed by atoms with Crippen molar-refractivity contribution in [1.29, 1.82) is 0 Å². The van der Waals surface area contributed by atoms with Crippen LogP contribution in [0.25, 0.3) is 11.3 Å².